The van der Waals surface area contributed by atoms with Crippen molar-refractivity contribution in [2.24, 2.45) is 5.16 Å². The van der Waals surface area contributed by atoms with Crippen LogP contribution in [0.25, 0.3) is 21.8 Å². The largest absolute Gasteiger partial charge is 0.341 e. The fraction of sp³-hybridized carbons (Fsp3) is 0.128. The van der Waals surface area contributed by atoms with Crippen LogP contribution in [0, 0.1) is 0 Å². The molecule has 6 nitrogen and oxygen atoms in total. The van der Waals surface area contributed by atoms with E-state index in [-0.39, 0.29) is 23.7 Å². The second-order valence-electron chi connectivity index (χ2n) is 11.0. The fourth-order valence-corrected chi connectivity index (χ4v) is 7.30. The minimum atomic E-state index is -0.603. The normalized spacial score (nSPS) is 11.6. The first-order chi connectivity index (χ1) is 23.3. The Morgan fingerprint density at radius 3 is 1.96 bits per heavy atom. The van der Waals surface area contributed by atoms with Crippen LogP contribution in [0.2, 0.25) is 5.02 Å². The maximum Gasteiger partial charge on any atom is 0.331 e. The van der Waals surface area contributed by atoms with E-state index in [1.165, 1.54) is 6.92 Å². The van der Waals surface area contributed by atoms with Gasteiger partial charge in [-0.3, -0.25) is 9.59 Å². The van der Waals surface area contributed by atoms with E-state index in [1.807, 2.05) is 97.1 Å². The Kier molecular flexibility index (Phi) is 10.4. The van der Waals surface area contributed by atoms with Crippen molar-refractivity contribution in [1.82, 2.24) is 4.57 Å². The SMILES string of the molecule is CCn1c2ccc(C(=O)/C(CCSc3ccc(Cl)cc3)=N/OC(C)=O)cc2c2cc(C(=O)c3ccc(Sc4ccccc4)cc3)ccc21. The molecule has 0 amide bonds. The summed E-state index contributed by atoms with van der Waals surface area (Å²) in [5, 5.41) is 6.32. The molecule has 0 bridgehead atoms. The Balaban J connectivity index is 1.28. The van der Waals surface area contributed by atoms with Crippen LogP contribution in [0.15, 0.2) is 135 Å². The molecule has 0 N–H and O–H groups in total. The van der Waals surface area contributed by atoms with Gasteiger partial charge in [0.1, 0.15) is 5.71 Å². The predicted molar refractivity (Wildman–Crippen MR) is 196 cm³/mol. The van der Waals surface area contributed by atoms with Gasteiger partial charge in [-0.2, -0.15) is 0 Å². The molecule has 48 heavy (non-hydrogen) atoms. The lowest BCUT2D eigenvalue weighted by Crippen LogP contribution is -2.16. The molecule has 0 fully saturated rings. The molecule has 6 aromatic rings. The van der Waals surface area contributed by atoms with Crippen LogP contribution in [0.4, 0.5) is 0 Å². The van der Waals surface area contributed by atoms with Gasteiger partial charge in [-0.15, -0.1) is 11.8 Å². The molecule has 0 atom stereocenters. The lowest BCUT2D eigenvalue weighted by Gasteiger charge is -2.07. The van der Waals surface area contributed by atoms with Crippen LogP contribution in [-0.4, -0.2) is 33.6 Å². The van der Waals surface area contributed by atoms with Gasteiger partial charge in [0.2, 0.25) is 5.78 Å². The zero-order valence-corrected chi connectivity index (χ0v) is 28.7. The van der Waals surface area contributed by atoms with E-state index in [2.05, 4.69) is 28.8 Å². The summed E-state index contributed by atoms with van der Waals surface area (Å²) in [6, 6.07) is 36.5. The summed E-state index contributed by atoms with van der Waals surface area (Å²) in [5.74, 6) is -0.462. The van der Waals surface area contributed by atoms with E-state index >= 15 is 0 Å². The predicted octanol–water partition coefficient (Wildman–Crippen LogP) is 10.1. The van der Waals surface area contributed by atoms with Crippen molar-refractivity contribution in [2.45, 2.75) is 41.5 Å². The molecular weight excluding hydrogens is 660 g/mol. The van der Waals surface area contributed by atoms with Gasteiger partial charge >= 0.3 is 5.97 Å². The molecule has 0 unspecified atom stereocenters. The Labute approximate surface area is 292 Å². The molecule has 6 rings (SSSR count). The zero-order valence-electron chi connectivity index (χ0n) is 26.3. The van der Waals surface area contributed by atoms with Crippen molar-refractivity contribution in [3.63, 3.8) is 0 Å². The molecule has 0 aliphatic carbocycles. The minimum absolute atomic E-state index is 0.0771. The Morgan fingerprint density at radius 2 is 1.31 bits per heavy atom. The van der Waals surface area contributed by atoms with Gasteiger partial charge in [0.25, 0.3) is 0 Å². The highest BCUT2D eigenvalue weighted by Gasteiger charge is 2.20. The van der Waals surface area contributed by atoms with Crippen LogP contribution >= 0.6 is 35.1 Å². The Hall–Kier alpha value is -4.63. The van der Waals surface area contributed by atoms with E-state index in [4.69, 9.17) is 16.4 Å². The van der Waals surface area contributed by atoms with Gasteiger partial charge in [0, 0.05) is 83.8 Å². The molecule has 1 heterocycles. The average Bonchev–Trinajstić information content (AvgIpc) is 3.42. The van der Waals surface area contributed by atoms with Gasteiger partial charge in [0.15, 0.2) is 5.78 Å². The number of halogens is 1. The van der Waals surface area contributed by atoms with Crippen molar-refractivity contribution in [1.29, 1.82) is 0 Å². The van der Waals surface area contributed by atoms with Crippen LogP contribution in [-0.2, 0) is 16.2 Å². The van der Waals surface area contributed by atoms with Crippen molar-refractivity contribution in [3.05, 3.63) is 137 Å². The molecule has 0 spiro atoms. The van der Waals surface area contributed by atoms with Crippen molar-refractivity contribution in [3.8, 4) is 0 Å². The van der Waals surface area contributed by atoms with Gasteiger partial charge in [-0.05, 0) is 104 Å². The second-order valence-corrected chi connectivity index (χ2v) is 13.7. The highest BCUT2D eigenvalue weighted by Crippen LogP contribution is 2.33. The summed E-state index contributed by atoms with van der Waals surface area (Å²) < 4.78 is 2.17. The maximum absolute atomic E-state index is 13.8. The van der Waals surface area contributed by atoms with Crippen molar-refractivity contribution >= 4 is 80.2 Å². The van der Waals surface area contributed by atoms with E-state index in [1.54, 1.807) is 29.6 Å². The van der Waals surface area contributed by atoms with Gasteiger partial charge in [-0.1, -0.05) is 46.7 Å². The smallest absolute Gasteiger partial charge is 0.331 e. The van der Waals surface area contributed by atoms with Crippen LogP contribution < -0.4 is 0 Å². The first-order valence-corrected chi connectivity index (χ1v) is 17.6. The number of hydrogen-bond donors (Lipinski definition) is 0. The Bertz CT molecular complexity index is 2160. The highest BCUT2D eigenvalue weighted by molar-refractivity contribution is 7.99. The molecule has 9 heteroatoms. The molecule has 0 aliphatic rings. The number of rotatable bonds is 12. The fourth-order valence-electron chi connectivity index (χ4n) is 5.48. The van der Waals surface area contributed by atoms with Crippen molar-refractivity contribution < 1.29 is 19.2 Å². The van der Waals surface area contributed by atoms with Crippen LogP contribution in [0.3, 0.4) is 0 Å². The second kappa shape index (κ2) is 15.1. The van der Waals surface area contributed by atoms with E-state index in [0.717, 1.165) is 36.5 Å². The third-order valence-electron chi connectivity index (χ3n) is 7.77. The lowest BCUT2D eigenvalue weighted by atomic mass is 9.99. The summed E-state index contributed by atoms with van der Waals surface area (Å²) in [6.07, 6.45) is 0.287. The van der Waals surface area contributed by atoms with Gasteiger partial charge in [-0.25, -0.2) is 4.79 Å². The molecule has 5 aromatic carbocycles. The lowest BCUT2D eigenvalue weighted by molar-refractivity contribution is -0.140. The molecular formula is C39H31ClN2O4S2. The number of aromatic nitrogens is 1. The summed E-state index contributed by atoms with van der Waals surface area (Å²) in [7, 11) is 0. The number of carbonyl (C=O) groups excluding carboxylic acids is 3. The number of hydrogen-bond acceptors (Lipinski definition) is 7. The van der Waals surface area contributed by atoms with E-state index in [9.17, 15) is 14.4 Å². The van der Waals surface area contributed by atoms with E-state index in [0.29, 0.717) is 34.0 Å². The number of aryl methyl sites for hydroxylation is 1. The summed E-state index contributed by atoms with van der Waals surface area (Å²) in [6.45, 7) is 4.02. The van der Waals surface area contributed by atoms with Crippen LogP contribution in [0.1, 0.15) is 46.5 Å². The monoisotopic (exact) mass is 690 g/mol. The van der Waals surface area contributed by atoms with Crippen LogP contribution in [0.5, 0.6) is 0 Å². The molecule has 0 aliphatic heterocycles. The summed E-state index contributed by atoms with van der Waals surface area (Å²) >= 11 is 9.20. The molecule has 0 saturated heterocycles. The number of ketones is 2. The van der Waals surface area contributed by atoms with Crippen molar-refractivity contribution in [2.75, 3.05) is 5.75 Å². The molecule has 1 aromatic heterocycles. The number of carbonyl (C=O) groups is 3. The number of nitrogens with zero attached hydrogens (tertiary/aromatic N) is 2. The number of fused-ring (bicyclic) bond motifs is 3. The first-order valence-electron chi connectivity index (χ1n) is 15.4. The highest BCUT2D eigenvalue weighted by atomic mass is 35.5. The zero-order chi connectivity index (χ0) is 33.6. The average molecular weight is 691 g/mol. The summed E-state index contributed by atoms with van der Waals surface area (Å²) in [5.41, 5.74) is 3.65. The van der Waals surface area contributed by atoms with Gasteiger partial charge in [0.05, 0.1) is 0 Å². The number of thioether (sulfide) groups is 1. The minimum Gasteiger partial charge on any atom is -0.341 e. The summed E-state index contributed by atoms with van der Waals surface area (Å²) in [4.78, 5) is 47.1. The topological polar surface area (TPSA) is 77.7 Å². The maximum atomic E-state index is 13.8. The quantitative estimate of drug-likeness (QED) is 0.0418. The van der Waals surface area contributed by atoms with E-state index < -0.39 is 5.97 Å². The first kappa shape index (κ1) is 33.3. The standard InChI is InChI=1S/C39H31ClN2O4S2/c1-3-42-36-19-11-27(38(44)26-9-15-32(16-10-26)48-31-7-5-4-6-8-31)23-33(36)34-24-28(12-20-37(34)42)39(45)35(41-46-25(2)43)21-22-47-30-17-13-29(40)14-18-30/h4-20,23-24H,3,21-22H2,1-2H3/b41-35+. The molecule has 240 valence electrons. The molecule has 0 radical (unpaired) electrons. The Morgan fingerprint density at radius 1 is 0.729 bits per heavy atom. The third kappa shape index (κ3) is 7.57. The molecule has 0 saturated carbocycles. The number of benzene rings is 5. The number of oxime groups is 1. The third-order valence-corrected chi connectivity index (χ3v) is 10.1. The number of Topliss-reactive ketones (excluding diaryl/α,β-unsaturated/α-hetero) is 1. The van der Waals surface area contributed by atoms with Gasteiger partial charge < -0.3 is 9.40 Å².